The van der Waals surface area contributed by atoms with E-state index >= 15 is 0 Å². The molecule has 1 aromatic carbocycles. The molecule has 8 heteroatoms. The maximum atomic E-state index is 11.8. The Hall–Kier alpha value is -2.77. The first kappa shape index (κ1) is 13.7. The summed E-state index contributed by atoms with van der Waals surface area (Å²) in [7, 11) is 0. The van der Waals surface area contributed by atoms with Crippen molar-refractivity contribution < 1.29 is 29.3 Å². The second-order valence-electron chi connectivity index (χ2n) is 4.08. The maximum Gasteiger partial charge on any atom is 0.418 e. The molecule has 106 valence electrons. The first-order chi connectivity index (χ1) is 9.49. The number of imide groups is 1. The molecule has 1 fully saturated rings. The third kappa shape index (κ3) is 2.79. The number of hydrogen-bond acceptors (Lipinski definition) is 5. The van der Waals surface area contributed by atoms with Crippen LogP contribution in [-0.2, 0) is 9.53 Å². The zero-order valence-corrected chi connectivity index (χ0v) is 10.3. The molecule has 3 amide bonds. The Labute approximate surface area is 113 Å². The van der Waals surface area contributed by atoms with E-state index in [1.165, 1.54) is 24.3 Å². The first-order valence-electron chi connectivity index (χ1n) is 5.75. The van der Waals surface area contributed by atoms with E-state index in [9.17, 15) is 14.4 Å². The number of carboxylic acid groups (broad SMARTS) is 1. The number of carboxylic acids is 1. The SMILES string of the molecule is O=C(O)[C@H](NC(=O)N1CCOC1=O)c1ccc(O)cc1. The Kier molecular flexibility index (Phi) is 3.74. The molecular formula is C12H12N2O6. The number of carbonyl (C=O) groups excluding carboxylic acids is 2. The molecule has 20 heavy (non-hydrogen) atoms. The van der Waals surface area contributed by atoms with Crippen molar-refractivity contribution in [3.8, 4) is 5.75 Å². The van der Waals surface area contributed by atoms with E-state index in [1.54, 1.807) is 0 Å². The number of amides is 3. The largest absolute Gasteiger partial charge is 0.508 e. The van der Waals surface area contributed by atoms with Gasteiger partial charge in [-0.1, -0.05) is 12.1 Å². The van der Waals surface area contributed by atoms with Crippen molar-refractivity contribution >= 4 is 18.1 Å². The lowest BCUT2D eigenvalue weighted by Crippen LogP contribution is -2.44. The summed E-state index contributed by atoms with van der Waals surface area (Å²) in [6.07, 6.45) is -0.808. The number of cyclic esters (lactones) is 1. The highest BCUT2D eigenvalue weighted by Gasteiger charge is 2.32. The molecule has 1 saturated heterocycles. The summed E-state index contributed by atoms with van der Waals surface area (Å²) in [5, 5.41) is 20.5. The van der Waals surface area contributed by atoms with Crippen LogP contribution in [0.5, 0.6) is 5.75 Å². The van der Waals surface area contributed by atoms with Crippen LogP contribution in [0.2, 0.25) is 0 Å². The van der Waals surface area contributed by atoms with E-state index in [2.05, 4.69) is 10.1 Å². The highest BCUT2D eigenvalue weighted by Crippen LogP contribution is 2.18. The Morgan fingerprint density at radius 2 is 1.95 bits per heavy atom. The third-order valence-electron chi connectivity index (χ3n) is 2.75. The van der Waals surface area contributed by atoms with Gasteiger partial charge in [0, 0.05) is 0 Å². The molecular weight excluding hydrogens is 268 g/mol. The van der Waals surface area contributed by atoms with Crippen molar-refractivity contribution in [2.24, 2.45) is 0 Å². The number of urea groups is 1. The number of benzene rings is 1. The van der Waals surface area contributed by atoms with Gasteiger partial charge in [-0.15, -0.1) is 0 Å². The first-order valence-corrected chi connectivity index (χ1v) is 5.75. The number of phenolic OH excluding ortho intramolecular Hbond substituents is 1. The van der Waals surface area contributed by atoms with E-state index < -0.39 is 24.1 Å². The number of nitrogens with zero attached hydrogens (tertiary/aromatic N) is 1. The molecule has 0 saturated carbocycles. The van der Waals surface area contributed by atoms with Gasteiger partial charge in [-0.05, 0) is 17.7 Å². The molecule has 0 aromatic heterocycles. The fraction of sp³-hybridized carbons (Fsp3) is 0.250. The van der Waals surface area contributed by atoms with Crippen LogP contribution in [0.25, 0.3) is 0 Å². The minimum Gasteiger partial charge on any atom is -0.508 e. The molecule has 1 aromatic rings. The lowest BCUT2D eigenvalue weighted by molar-refractivity contribution is -0.139. The third-order valence-corrected chi connectivity index (χ3v) is 2.75. The van der Waals surface area contributed by atoms with Gasteiger partial charge in [-0.2, -0.15) is 0 Å². The molecule has 3 N–H and O–H groups in total. The molecule has 1 aliphatic rings. The minimum absolute atomic E-state index is 0.0210. The van der Waals surface area contributed by atoms with Gasteiger partial charge in [0.1, 0.15) is 12.4 Å². The van der Waals surface area contributed by atoms with E-state index in [-0.39, 0.29) is 24.5 Å². The van der Waals surface area contributed by atoms with E-state index in [1.807, 2.05) is 0 Å². The lowest BCUT2D eigenvalue weighted by Gasteiger charge is -2.18. The van der Waals surface area contributed by atoms with Crippen LogP contribution in [0.1, 0.15) is 11.6 Å². The van der Waals surface area contributed by atoms with Crippen molar-refractivity contribution in [2.45, 2.75) is 6.04 Å². The van der Waals surface area contributed by atoms with Gasteiger partial charge in [0.25, 0.3) is 0 Å². The average molecular weight is 280 g/mol. The van der Waals surface area contributed by atoms with Gasteiger partial charge in [-0.25, -0.2) is 19.3 Å². The predicted molar refractivity (Wildman–Crippen MR) is 65.1 cm³/mol. The molecule has 0 bridgehead atoms. The summed E-state index contributed by atoms with van der Waals surface area (Å²) in [5.74, 6) is -1.30. The lowest BCUT2D eigenvalue weighted by atomic mass is 10.1. The van der Waals surface area contributed by atoms with Crippen LogP contribution in [0, 0.1) is 0 Å². The van der Waals surface area contributed by atoms with Gasteiger partial charge < -0.3 is 20.3 Å². The highest BCUT2D eigenvalue weighted by atomic mass is 16.6. The molecule has 0 aliphatic carbocycles. The summed E-state index contributed by atoms with van der Waals surface area (Å²) >= 11 is 0. The highest BCUT2D eigenvalue weighted by molar-refractivity contribution is 5.94. The van der Waals surface area contributed by atoms with Crippen molar-refractivity contribution in [1.82, 2.24) is 10.2 Å². The van der Waals surface area contributed by atoms with Crippen molar-refractivity contribution in [3.05, 3.63) is 29.8 Å². The molecule has 1 heterocycles. The standard InChI is InChI=1S/C12H12N2O6/c15-8-3-1-7(2-4-8)9(10(16)17)13-11(18)14-5-6-20-12(14)19/h1-4,9,15H,5-6H2,(H,13,18)(H,16,17)/t9-/m1/s1. The monoisotopic (exact) mass is 280 g/mol. The number of aromatic hydroxyl groups is 1. The molecule has 0 spiro atoms. The van der Waals surface area contributed by atoms with Crippen LogP contribution >= 0.6 is 0 Å². The Morgan fingerprint density at radius 1 is 1.30 bits per heavy atom. The summed E-state index contributed by atoms with van der Waals surface area (Å²) in [4.78, 5) is 35.0. The number of hydrogen-bond donors (Lipinski definition) is 3. The summed E-state index contributed by atoms with van der Waals surface area (Å²) in [6, 6.07) is 3.20. The van der Waals surface area contributed by atoms with Crippen LogP contribution in [-0.4, -0.2) is 46.4 Å². The van der Waals surface area contributed by atoms with Crippen LogP contribution in [0.4, 0.5) is 9.59 Å². The Bertz CT molecular complexity index is 541. The average Bonchev–Trinajstić information content (AvgIpc) is 2.83. The van der Waals surface area contributed by atoms with E-state index in [4.69, 9.17) is 10.2 Å². The number of carbonyl (C=O) groups is 3. The van der Waals surface area contributed by atoms with Crippen molar-refractivity contribution in [2.75, 3.05) is 13.2 Å². The normalized spacial score (nSPS) is 15.6. The van der Waals surface area contributed by atoms with Gasteiger partial charge in [0.15, 0.2) is 6.04 Å². The van der Waals surface area contributed by atoms with Crippen molar-refractivity contribution in [1.29, 1.82) is 0 Å². The number of rotatable bonds is 3. The number of ether oxygens (including phenoxy) is 1. The Morgan fingerprint density at radius 3 is 2.45 bits per heavy atom. The van der Waals surface area contributed by atoms with E-state index in [0.717, 1.165) is 4.90 Å². The van der Waals surface area contributed by atoms with Crippen molar-refractivity contribution in [3.63, 3.8) is 0 Å². The zero-order valence-electron chi connectivity index (χ0n) is 10.3. The van der Waals surface area contributed by atoms with Gasteiger partial charge in [0.2, 0.25) is 0 Å². The maximum absolute atomic E-state index is 11.8. The molecule has 1 aliphatic heterocycles. The second-order valence-corrected chi connectivity index (χ2v) is 4.08. The molecule has 1 atom stereocenters. The Balaban J connectivity index is 2.13. The smallest absolute Gasteiger partial charge is 0.418 e. The minimum atomic E-state index is -1.32. The number of aliphatic carboxylic acids is 1. The zero-order chi connectivity index (χ0) is 14.7. The van der Waals surface area contributed by atoms with Gasteiger partial charge >= 0.3 is 18.1 Å². The quantitative estimate of drug-likeness (QED) is 0.749. The number of nitrogens with one attached hydrogen (secondary N) is 1. The molecule has 0 unspecified atom stereocenters. The van der Waals surface area contributed by atoms with E-state index in [0.29, 0.717) is 0 Å². The summed E-state index contributed by atoms with van der Waals surface area (Å²) < 4.78 is 4.60. The van der Waals surface area contributed by atoms with Crippen LogP contribution in [0.3, 0.4) is 0 Å². The van der Waals surface area contributed by atoms with Gasteiger partial charge in [-0.3, -0.25) is 0 Å². The topological polar surface area (TPSA) is 116 Å². The van der Waals surface area contributed by atoms with Crippen LogP contribution < -0.4 is 5.32 Å². The van der Waals surface area contributed by atoms with Gasteiger partial charge in [0.05, 0.1) is 6.54 Å². The predicted octanol–water partition coefficient (Wildman–Crippen LogP) is 0.680. The fourth-order valence-corrected chi connectivity index (χ4v) is 1.73. The van der Waals surface area contributed by atoms with Crippen LogP contribution in [0.15, 0.2) is 24.3 Å². The number of phenols is 1. The molecule has 8 nitrogen and oxygen atoms in total. The summed E-state index contributed by atoms with van der Waals surface area (Å²) in [6.45, 7) is 0.162. The second kappa shape index (κ2) is 5.47. The molecule has 2 rings (SSSR count). The fourth-order valence-electron chi connectivity index (χ4n) is 1.73. The molecule has 0 radical (unpaired) electrons. The summed E-state index contributed by atoms with van der Waals surface area (Å²) in [5.41, 5.74) is 0.274.